The van der Waals surface area contributed by atoms with Crippen LogP contribution in [0.3, 0.4) is 0 Å². The van der Waals surface area contributed by atoms with Gasteiger partial charge < -0.3 is 5.11 Å². The fraction of sp³-hybridized carbons (Fsp3) is 0.0833. The summed E-state index contributed by atoms with van der Waals surface area (Å²) >= 11 is 0. The molecule has 0 saturated heterocycles. The number of para-hydroxylation sites is 1. The number of anilines is 2. The van der Waals surface area contributed by atoms with Crippen LogP contribution in [0.25, 0.3) is 0 Å². The van der Waals surface area contributed by atoms with Crippen LogP contribution in [0.1, 0.15) is 17.4 Å². The molecule has 0 atom stereocenters. The van der Waals surface area contributed by atoms with E-state index in [0.717, 1.165) is 0 Å². The van der Waals surface area contributed by atoms with E-state index in [1.54, 1.807) is 24.3 Å². The van der Waals surface area contributed by atoms with Crippen LogP contribution in [0.4, 0.5) is 11.4 Å². The van der Waals surface area contributed by atoms with E-state index in [0.29, 0.717) is 5.69 Å². The Morgan fingerprint density at radius 1 is 1.28 bits per heavy atom. The quantitative estimate of drug-likeness (QED) is 0.863. The molecule has 0 saturated carbocycles. The van der Waals surface area contributed by atoms with Gasteiger partial charge in [-0.05, 0) is 12.1 Å². The van der Waals surface area contributed by atoms with Gasteiger partial charge in [-0.25, -0.2) is 4.79 Å². The largest absolute Gasteiger partial charge is 0.476 e. The topological polar surface area (TPSA) is 86.3 Å². The van der Waals surface area contributed by atoms with Gasteiger partial charge in [-0.3, -0.25) is 14.8 Å². The zero-order valence-corrected chi connectivity index (χ0v) is 9.62. The van der Waals surface area contributed by atoms with E-state index in [4.69, 9.17) is 5.11 Å². The second kappa shape index (κ2) is 4.70. The monoisotopic (exact) mass is 245 g/mol. The second-order valence-electron chi connectivity index (χ2n) is 3.61. The summed E-state index contributed by atoms with van der Waals surface area (Å²) in [6.07, 6.45) is 1.39. The molecule has 6 nitrogen and oxygen atoms in total. The Morgan fingerprint density at radius 3 is 2.50 bits per heavy atom. The molecule has 2 rings (SSSR count). The number of aromatic nitrogens is 2. The molecule has 0 aliphatic carbocycles. The summed E-state index contributed by atoms with van der Waals surface area (Å²) in [5.74, 6) is -1.47. The smallest absolute Gasteiger partial charge is 0.358 e. The maximum absolute atomic E-state index is 11.7. The molecule has 0 aliphatic heterocycles. The van der Waals surface area contributed by atoms with E-state index in [1.807, 2.05) is 6.07 Å². The fourth-order valence-corrected chi connectivity index (χ4v) is 1.68. The predicted molar refractivity (Wildman–Crippen MR) is 64.8 cm³/mol. The van der Waals surface area contributed by atoms with Crippen molar-refractivity contribution in [1.82, 2.24) is 10.2 Å². The van der Waals surface area contributed by atoms with Gasteiger partial charge in [0.1, 0.15) is 5.69 Å². The van der Waals surface area contributed by atoms with E-state index in [1.165, 1.54) is 18.0 Å². The van der Waals surface area contributed by atoms with Crippen LogP contribution in [-0.2, 0) is 4.79 Å². The minimum Gasteiger partial charge on any atom is -0.476 e. The highest BCUT2D eigenvalue weighted by molar-refractivity contribution is 6.04. The molecule has 2 N–H and O–H groups in total. The lowest BCUT2D eigenvalue weighted by molar-refractivity contribution is -0.115. The van der Waals surface area contributed by atoms with Crippen molar-refractivity contribution in [2.24, 2.45) is 0 Å². The first-order valence-electron chi connectivity index (χ1n) is 5.24. The number of amides is 1. The Morgan fingerprint density at radius 2 is 1.94 bits per heavy atom. The highest BCUT2D eigenvalue weighted by Gasteiger charge is 2.22. The third-order valence-corrected chi connectivity index (χ3v) is 2.39. The van der Waals surface area contributed by atoms with Crippen LogP contribution in [0.15, 0.2) is 36.5 Å². The van der Waals surface area contributed by atoms with Crippen molar-refractivity contribution < 1.29 is 14.7 Å². The maximum atomic E-state index is 11.7. The Balaban J connectivity index is 2.52. The van der Waals surface area contributed by atoms with E-state index in [9.17, 15) is 9.59 Å². The van der Waals surface area contributed by atoms with Gasteiger partial charge in [0.2, 0.25) is 5.91 Å². The number of carbonyl (C=O) groups excluding carboxylic acids is 1. The van der Waals surface area contributed by atoms with Crippen LogP contribution >= 0.6 is 0 Å². The number of aromatic carboxylic acids is 1. The van der Waals surface area contributed by atoms with E-state index in [2.05, 4.69) is 10.2 Å². The van der Waals surface area contributed by atoms with Gasteiger partial charge in [0.25, 0.3) is 0 Å². The van der Waals surface area contributed by atoms with Crippen LogP contribution < -0.4 is 4.90 Å². The summed E-state index contributed by atoms with van der Waals surface area (Å²) in [6, 6.07) is 8.80. The van der Waals surface area contributed by atoms with Crippen LogP contribution in [0, 0.1) is 0 Å². The minimum absolute atomic E-state index is 0.186. The number of rotatable bonds is 3. The van der Waals surface area contributed by atoms with Gasteiger partial charge >= 0.3 is 5.97 Å². The van der Waals surface area contributed by atoms with E-state index in [-0.39, 0.29) is 17.3 Å². The van der Waals surface area contributed by atoms with Gasteiger partial charge in [0, 0.05) is 18.8 Å². The molecule has 0 unspecified atom stereocenters. The summed E-state index contributed by atoms with van der Waals surface area (Å²) in [5.41, 5.74) is 0.629. The number of nitrogens with one attached hydrogen (secondary N) is 1. The second-order valence-corrected chi connectivity index (χ2v) is 3.61. The van der Waals surface area contributed by atoms with Crippen LogP contribution in [0.5, 0.6) is 0 Å². The molecule has 2 aromatic rings. The van der Waals surface area contributed by atoms with Crippen molar-refractivity contribution in [1.29, 1.82) is 0 Å². The molecule has 1 heterocycles. The SMILES string of the molecule is CC(=O)N(c1ccccc1)c1c[nH]nc1C(=O)O. The average Bonchev–Trinajstić information content (AvgIpc) is 2.79. The lowest BCUT2D eigenvalue weighted by Crippen LogP contribution is -2.24. The number of aromatic amines is 1. The molecule has 1 aromatic carbocycles. The van der Waals surface area contributed by atoms with E-state index < -0.39 is 5.97 Å². The first-order chi connectivity index (χ1) is 8.61. The Bertz CT molecular complexity index is 577. The zero-order valence-electron chi connectivity index (χ0n) is 9.62. The molecule has 0 fully saturated rings. The maximum Gasteiger partial charge on any atom is 0.358 e. The van der Waals surface area contributed by atoms with Crippen molar-refractivity contribution in [3.63, 3.8) is 0 Å². The number of hydrogen-bond donors (Lipinski definition) is 2. The number of benzene rings is 1. The van der Waals surface area contributed by atoms with Crippen LogP contribution in [0.2, 0.25) is 0 Å². The average molecular weight is 245 g/mol. The summed E-state index contributed by atoms with van der Waals surface area (Å²) in [7, 11) is 0. The van der Waals surface area contributed by atoms with Gasteiger partial charge in [-0.2, -0.15) is 5.10 Å². The van der Waals surface area contributed by atoms with Gasteiger partial charge in [0.05, 0.1) is 0 Å². The number of carboxylic acid groups (broad SMARTS) is 1. The highest BCUT2D eigenvalue weighted by atomic mass is 16.4. The molecular formula is C12H11N3O3. The molecule has 1 aromatic heterocycles. The molecule has 0 spiro atoms. The summed E-state index contributed by atoms with van der Waals surface area (Å²) in [4.78, 5) is 24.0. The molecule has 0 aliphatic rings. The van der Waals surface area contributed by atoms with Gasteiger partial charge in [0.15, 0.2) is 5.69 Å². The molecule has 92 valence electrons. The number of carbonyl (C=O) groups is 2. The number of nitrogens with zero attached hydrogens (tertiary/aromatic N) is 2. The lowest BCUT2D eigenvalue weighted by Gasteiger charge is -2.19. The Labute approximate surface area is 103 Å². The third-order valence-electron chi connectivity index (χ3n) is 2.39. The standard InChI is InChI=1S/C12H11N3O3/c1-8(16)15(9-5-3-2-4-6-9)10-7-13-14-11(10)12(17)18/h2-7H,1H3,(H,13,14)(H,17,18). The molecule has 0 bridgehead atoms. The molecule has 18 heavy (non-hydrogen) atoms. The Hall–Kier alpha value is -2.63. The normalized spacial score (nSPS) is 10.1. The molecule has 6 heteroatoms. The number of H-pyrrole nitrogens is 1. The molecular weight excluding hydrogens is 234 g/mol. The summed E-state index contributed by atoms with van der Waals surface area (Å²) in [5, 5.41) is 15.1. The lowest BCUT2D eigenvalue weighted by atomic mass is 10.2. The predicted octanol–water partition coefficient (Wildman–Crippen LogP) is 1.79. The van der Waals surface area contributed by atoms with Crippen molar-refractivity contribution in [3.8, 4) is 0 Å². The molecule has 1 amide bonds. The fourth-order valence-electron chi connectivity index (χ4n) is 1.68. The van der Waals surface area contributed by atoms with Crippen molar-refractivity contribution in [2.75, 3.05) is 4.90 Å². The van der Waals surface area contributed by atoms with Crippen LogP contribution in [-0.4, -0.2) is 27.2 Å². The summed E-state index contributed by atoms with van der Waals surface area (Å²) in [6.45, 7) is 1.37. The number of carboxylic acids is 1. The van der Waals surface area contributed by atoms with Crippen molar-refractivity contribution >= 4 is 23.3 Å². The zero-order chi connectivity index (χ0) is 13.1. The van der Waals surface area contributed by atoms with E-state index >= 15 is 0 Å². The number of hydrogen-bond acceptors (Lipinski definition) is 3. The van der Waals surface area contributed by atoms with Crippen molar-refractivity contribution in [2.45, 2.75) is 6.92 Å². The van der Waals surface area contributed by atoms with Crippen molar-refractivity contribution in [3.05, 3.63) is 42.2 Å². The Kier molecular flexibility index (Phi) is 3.09. The first kappa shape index (κ1) is 11.8. The molecule has 0 radical (unpaired) electrons. The first-order valence-corrected chi connectivity index (χ1v) is 5.24. The minimum atomic E-state index is -1.19. The van der Waals surface area contributed by atoms with Gasteiger partial charge in [-0.15, -0.1) is 0 Å². The van der Waals surface area contributed by atoms with Gasteiger partial charge in [-0.1, -0.05) is 18.2 Å². The highest BCUT2D eigenvalue weighted by Crippen LogP contribution is 2.27. The summed E-state index contributed by atoms with van der Waals surface area (Å²) < 4.78 is 0. The third kappa shape index (κ3) is 2.08.